The van der Waals surface area contributed by atoms with Crippen molar-refractivity contribution < 1.29 is 4.79 Å². The van der Waals surface area contributed by atoms with Gasteiger partial charge >= 0.3 is 0 Å². The SMILES string of the molecule is CC(=O)CC#CCc1ccccc1. The normalized spacial score (nSPS) is 8.69. The standard InChI is InChI=1S/C12H12O/c1-11(13)7-5-6-10-12-8-3-2-4-9-12/h2-4,8-9H,7,10H2,1H3. The zero-order valence-electron chi connectivity index (χ0n) is 7.71. The number of hydrogen-bond donors (Lipinski definition) is 0. The van der Waals surface area contributed by atoms with Gasteiger partial charge in [0.15, 0.2) is 0 Å². The van der Waals surface area contributed by atoms with Crippen LogP contribution in [0.15, 0.2) is 30.3 Å². The van der Waals surface area contributed by atoms with E-state index in [2.05, 4.69) is 11.8 Å². The molecule has 0 aromatic heterocycles. The molecule has 0 saturated carbocycles. The van der Waals surface area contributed by atoms with E-state index in [1.165, 1.54) is 5.56 Å². The van der Waals surface area contributed by atoms with Crippen LogP contribution in [0.25, 0.3) is 0 Å². The third-order valence-corrected chi connectivity index (χ3v) is 1.60. The fourth-order valence-electron chi connectivity index (χ4n) is 0.947. The molecule has 1 rings (SSSR count). The summed E-state index contributed by atoms with van der Waals surface area (Å²) in [7, 11) is 0. The third kappa shape index (κ3) is 4.12. The molecule has 1 nitrogen and oxygen atoms in total. The highest BCUT2D eigenvalue weighted by Crippen LogP contribution is 1.97. The molecule has 0 aliphatic carbocycles. The van der Waals surface area contributed by atoms with Crippen molar-refractivity contribution in [3.8, 4) is 11.8 Å². The van der Waals surface area contributed by atoms with E-state index in [0.29, 0.717) is 6.42 Å². The second-order valence-corrected chi connectivity index (χ2v) is 2.89. The summed E-state index contributed by atoms with van der Waals surface area (Å²) in [6.45, 7) is 1.55. The minimum atomic E-state index is 0.126. The van der Waals surface area contributed by atoms with Crippen molar-refractivity contribution in [3.63, 3.8) is 0 Å². The lowest BCUT2D eigenvalue weighted by Crippen LogP contribution is -1.85. The lowest BCUT2D eigenvalue weighted by atomic mass is 10.1. The number of carbonyl (C=O) groups is 1. The molecule has 0 spiro atoms. The number of Topliss-reactive ketones (excluding diaryl/α,β-unsaturated/α-hetero) is 1. The summed E-state index contributed by atoms with van der Waals surface area (Å²) in [6.07, 6.45) is 1.10. The molecule has 0 fully saturated rings. The molecule has 0 aliphatic heterocycles. The quantitative estimate of drug-likeness (QED) is 0.625. The highest BCUT2D eigenvalue weighted by molar-refractivity contribution is 5.78. The molecular weight excluding hydrogens is 160 g/mol. The monoisotopic (exact) mass is 172 g/mol. The molecule has 66 valence electrons. The van der Waals surface area contributed by atoms with Gasteiger partial charge in [0.2, 0.25) is 0 Å². The average molecular weight is 172 g/mol. The van der Waals surface area contributed by atoms with E-state index in [1.54, 1.807) is 6.92 Å². The molecule has 1 heteroatoms. The van der Waals surface area contributed by atoms with Gasteiger partial charge in [0, 0.05) is 6.42 Å². The number of hydrogen-bond acceptors (Lipinski definition) is 1. The highest BCUT2D eigenvalue weighted by atomic mass is 16.1. The molecule has 0 N–H and O–H groups in total. The Labute approximate surface area is 78.8 Å². The highest BCUT2D eigenvalue weighted by Gasteiger charge is 1.86. The van der Waals surface area contributed by atoms with Crippen molar-refractivity contribution in [2.24, 2.45) is 0 Å². The summed E-state index contributed by atoms with van der Waals surface area (Å²) in [6, 6.07) is 10.0. The van der Waals surface area contributed by atoms with Crippen LogP contribution >= 0.6 is 0 Å². The minimum absolute atomic E-state index is 0.126. The molecule has 0 heterocycles. The zero-order chi connectivity index (χ0) is 9.52. The van der Waals surface area contributed by atoms with E-state index in [9.17, 15) is 4.79 Å². The Bertz CT molecular complexity index is 327. The summed E-state index contributed by atoms with van der Waals surface area (Å²) in [5.74, 6) is 5.92. The maximum atomic E-state index is 10.6. The first-order chi connectivity index (χ1) is 6.29. The van der Waals surface area contributed by atoms with Gasteiger partial charge in [-0.2, -0.15) is 0 Å². The van der Waals surface area contributed by atoms with Crippen molar-refractivity contribution >= 4 is 5.78 Å². The van der Waals surface area contributed by atoms with Gasteiger partial charge in [0.05, 0.1) is 6.42 Å². The van der Waals surface area contributed by atoms with Crippen molar-refractivity contribution in [1.29, 1.82) is 0 Å². The summed E-state index contributed by atoms with van der Waals surface area (Å²) in [5, 5.41) is 0. The predicted octanol–water partition coefficient (Wildman–Crippen LogP) is 2.21. The lowest BCUT2D eigenvalue weighted by Gasteiger charge is -1.90. The summed E-state index contributed by atoms with van der Waals surface area (Å²) < 4.78 is 0. The van der Waals surface area contributed by atoms with E-state index >= 15 is 0 Å². The maximum Gasteiger partial charge on any atom is 0.141 e. The van der Waals surface area contributed by atoms with E-state index in [-0.39, 0.29) is 5.78 Å². The van der Waals surface area contributed by atoms with Crippen molar-refractivity contribution in [1.82, 2.24) is 0 Å². The second-order valence-electron chi connectivity index (χ2n) is 2.89. The van der Waals surface area contributed by atoms with Crippen LogP contribution < -0.4 is 0 Å². The average Bonchev–Trinajstić information content (AvgIpc) is 2.14. The van der Waals surface area contributed by atoms with Crippen LogP contribution in [0.1, 0.15) is 18.9 Å². The molecule has 1 aromatic carbocycles. The van der Waals surface area contributed by atoms with Crippen LogP contribution in [-0.4, -0.2) is 5.78 Å². The largest absolute Gasteiger partial charge is 0.299 e. The van der Waals surface area contributed by atoms with Gasteiger partial charge in [0.25, 0.3) is 0 Å². The van der Waals surface area contributed by atoms with Gasteiger partial charge in [-0.05, 0) is 12.5 Å². The molecule has 1 aromatic rings. The van der Waals surface area contributed by atoms with E-state index < -0.39 is 0 Å². The molecule has 0 atom stereocenters. The Morgan fingerprint density at radius 1 is 1.23 bits per heavy atom. The predicted molar refractivity (Wildman–Crippen MR) is 53.2 cm³/mol. The van der Waals surface area contributed by atoms with Crippen LogP contribution in [0.4, 0.5) is 0 Å². The Kier molecular flexibility index (Phi) is 3.78. The molecule has 0 aliphatic rings. The molecule has 0 saturated heterocycles. The Morgan fingerprint density at radius 2 is 1.92 bits per heavy atom. The molecule has 0 bridgehead atoms. The second kappa shape index (κ2) is 5.16. The van der Waals surface area contributed by atoms with E-state index in [0.717, 1.165) is 6.42 Å². The van der Waals surface area contributed by atoms with Gasteiger partial charge in [-0.3, -0.25) is 4.79 Å². The van der Waals surface area contributed by atoms with Crippen LogP contribution in [0.5, 0.6) is 0 Å². The summed E-state index contributed by atoms with van der Waals surface area (Å²) >= 11 is 0. The summed E-state index contributed by atoms with van der Waals surface area (Å²) in [4.78, 5) is 10.6. The minimum Gasteiger partial charge on any atom is -0.299 e. The van der Waals surface area contributed by atoms with Crippen molar-refractivity contribution in [3.05, 3.63) is 35.9 Å². The van der Waals surface area contributed by atoms with Crippen LogP contribution in [0.2, 0.25) is 0 Å². The Hall–Kier alpha value is -1.55. The fourth-order valence-corrected chi connectivity index (χ4v) is 0.947. The van der Waals surface area contributed by atoms with Gasteiger partial charge in [-0.25, -0.2) is 0 Å². The molecule has 0 amide bonds. The maximum absolute atomic E-state index is 10.6. The fraction of sp³-hybridized carbons (Fsp3) is 0.250. The number of ketones is 1. The first kappa shape index (κ1) is 9.54. The topological polar surface area (TPSA) is 17.1 Å². The third-order valence-electron chi connectivity index (χ3n) is 1.60. The molecular formula is C12H12O. The van der Waals surface area contributed by atoms with Crippen LogP contribution in [0, 0.1) is 11.8 Å². The first-order valence-corrected chi connectivity index (χ1v) is 4.28. The molecule has 0 unspecified atom stereocenters. The Morgan fingerprint density at radius 3 is 2.54 bits per heavy atom. The zero-order valence-corrected chi connectivity index (χ0v) is 7.71. The smallest absolute Gasteiger partial charge is 0.141 e. The number of benzene rings is 1. The lowest BCUT2D eigenvalue weighted by molar-refractivity contribution is -0.116. The van der Waals surface area contributed by atoms with Gasteiger partial charge in [0.1, 0.15) is 5.78 Å². The van der Waals surface area contributed by atoms with E-state index in [4.69, 9.17) is 0 Å². The van der Waals surface area contributed by atoms with Crippen LogP contribution in [-0.2, 0) is 11.2 Å². The van der Waals surface area contributed by atoms with E-state index in [1.807, 2.05) is 30.3 Å². The molecule has 13 heavy (non-hydrogen) atoms. The number of rotatable bonds is 2. The molecule has 0 radical (unpaired) electrons. The van der Waals surface area contributed by atoms with Crippen molar-refractivity contribution in [2.75, 3.05) is 0 Å². The van der Waals surface area contributed by atoms with Crippen LogP contribution in [0.3, 0.4) is 0 Å². The summed E-state index contributed by atoms with van der Waals surface area (Å²) in [5.41, 5.74) is 1.19. The first-order valence-electron chi connectivity index (χ1n) is 4.28. The Balaban J connectivity index is 2.42. The van der Waals surface area contributed by atoms with Gasteiger partial charge in [-0.15, -0.1) is 0 Å². The van der Waals surface area contributed by atoms with Crippen molar-refractivity contribution in [2.45, 2.75) is 19.8 Å². The van der Waals surface area contributed by atoms with Gasteiger partial charge < -0.3 is 0 Å². The number of carbonyl (C=O) groups excluding carboxylic acids is 1. The van der Waals surface area contributed by atoms with Gasteiger partial charge in [-0.1, -0.05) is 42.2 Å².